The minimum Gasteiger partial charge on any atom is -0.497 e. The first-order chi connectivity index (χ1) is 7.35. The fraction of sp³-hybridized carbons (Fsp3) is 0.182. The van der Waals surface area contributed by atoms with Crippen LogP contribution in [0.5, 0.6) is 5.75 Å². The van der Waals surface area contributed by atoms with E-state index in [1.165, 1.54) is 0 Å². The lowest BCUT2D eigenvalue weighted by atomic mass is 10.3. The van der Waals surface area contributed by atoms with E-state index in [0.717, 1.165) is 17.3 Å². The normalized spacial score (nSPS) is 10.3. The molecule has 0 N–H and O–H groups in total. The Morgan fingerprint density at radius 2 is 2.07 bits per heavy atom. The summed E-state index contributed by atoms with van der Waals surface area (Å²) in [5, 5.41) is 0. The molecule has 1 aromatic heterocycles. The molecular weight excluding hydrogens is 212 g/mol. The molecule has 0 aliphatic carbocycles. The number of alkyl halides is 1. The van der Waals surface area contributed by atoms with Crippen molar-refractivity contribution in [2.75, 3.05) is 7.11 Å². The van der Waals surface area contributed by atoms with E-state index in [1.54, 1.807) is 13.3 Å². The first-order valence-corrected chi connectivity index (χ1v) is 5.11. The van der Waals surface area contributed by atoms with Crippen molar-refractivity contribution in [2.24, 2.45) is 0 Å². The lowest BCUT2D eigenvalue weighted by molar-refractivity contribution is 0.414. The summed E-state index contributed by atoms with van der Waals surface area (Å²) in [6.07, 6.45) is 3.63. The summed E-state index contributed by atoms with van der Waals surface area (Å²) in [5.74, 6) is 2.08. The average Bonchev–Trinajstić information content (AvgIpc) is 2.77. The number of aromatic nitrogens is 2. The van der Waals surface area contributed by atoms with Gasteiger partial charge in [0, 0.05) is 18.1 Å². The summed E-state index contributed by atoms with van der Waals surface area (Å²) < 4.78 is 7.04. The highest BCUT2D eigenvalue weighted by Crippen LogP contribution is 2.16. The maximum absolute atomic E-state index is 5.77. The molecule has 0 radical (unpaired) electrons. The molecule has 0 aliphatic heterocycles. The smallest absolute Gasteiger partial charge is 0.128 e. The Balaban J connectivity index is 2.37. The Hall–Kier alpha value is -1.48. The fourth-order valence-electron chi connectivity index (χ4n) is 1.41. The Labute approximate surface area is 93.3 Å². The SMILES string of the molecule is COc1ccc(-n2ccnc2CCl)cc1. The Morgan fingerprint density at radius 3 is 2.67 bits per heavy atom. The van der Waals surface area contributed by atoms with Crippen LogP contribution in [0.15, 0.2) is 36.7 Å². The molecule has 2 rings (SSSR count). The van der Waals surface area contributed by atoms with Crippen LogP contribution in [0.1, 0.15) is 5.82 Å². The summed E-state index contributed by atoms with van der Waals surface area (Å²) in [6, 6.07) is 7.76. The van der Waals surface area contributed by atoms with E-state index >= 15 is 0 Å². The van der Waals surface area contributed by atoms with Crippen LogP contribution in [0.25, 0.3) is 5.69 Å². The summed E-state index contributed by atoms with van der Waals surface area (Å²) >= 11 is 5.77. The van der Waals surface area contributed by atoms with E-state index in [9.17, 15) is 0 Å². The summed E-state index contributed by atoms with van der Waals surface area (Å²) in [7, 11) is 1.65. The highest BCUT2D eigenvalue weighted by atomic mass is 35.5. The lowest BCUT2D eigenvalue weighted by Gasteiger charge is -2.06. The third kappa shape index (κ3) is 1.97. The zero-order valence-corrected chi connectivity index (χ0v) is 9.11. The van der Waals surface area contributed by atoms with Crippen LogP contribution in [-0.2, 0) is 5.88 Å². The van der Waals surface area contributed by atoms with Gasteiger partial charge in [0.25, 0.3) is 0 Å². The highest BCUT2D eigenvalue weighted by molar-refractivity contribution is 6.16. The molecule has 0 saturated heterocycles. The number of imidazole rings is 1. The number of halogens is 1. The van der Waals surface area contributed by atoms with Gasteiger partial charge < -0.3 is 9.30 Å². The Morgan fingerprint density at radius 1 is 1.33 bits per heavy atom. The number of hydrogen-bond donors (Lipinski definition) is 0. The molecule has 0 unspecified atom stereocenters. The molecule has 0 fully saturated rings. The Bertz CT molecular complexity index is 436. The molecule has 0 bridgehead atoms. The van der Waals surface area contributed by atoms with Crippen LogP contribution in [-0.4, -0.2) is 16.7 Å². The van der Waals surface area contributed by atoms with Gasteiger partial charge >= 0.3 is 0 Å². The predicted molar refractivity (Wildman–Crippen MR) is 59.7 cm³/mol. The number of rotatable bonds is 3. The minimum absolute atomic E-state index is 0.402. The quantitative estimate of drug-likeness (QED) is 0.747. The van der Waals surface area contributed by atoms with Crippen molar-refractivity contribution in [3.63, 3.8) is 0 Å². The third-order valence-electron chi connectivity index (χ3n) is 2.19. The van der Waals surface area contributed by atoms with Gasteiger partial charge in [-0.1, -0.05) is 0 Å². The van der Waals surface area contributed by atoms with E-state index in [4.69, 9.17) is 16.3 Å². The Kier molecular flexibility index (Phi) is 2.92. The highest BCUT2D eigenvalue weighted by Gasteiger charge is 2.03. The van der Waals surface area contributed by atoms with Gasteiger partial charge in [0.1, 0.15) is 11.6 Å². The molecule has 0 amide bonds. The summed E-state index contributed by atoms with van der Waals surface area (Å²) in [5.41, 5.74) is 1.03. The maximum Gasteiger partial charge on any atom is 0.128 e. The van der Waals surface area contributed by atoms with Crippen molar-refractivity contribution >= 4 is 11.6 Å². The maximum atomic E-state index is 5.77. The molecule has 0 saturated carbocycles. The molecule has 0 spiro atoms. The van der Waals surface area contributed by atoms with Crippen LogP contribution in [0.2, 0.25) is 0 Å². The van der Waals surface area contributed by atoms with Crippen LogP contribution in [0, 0.1) is 0 Å². The van der Waals surface area contributed by atoms with Crippen molar-refractivity contribution in [3.8, 4) is 11.4 Å². The lowest BCUT2D eigenvalue weighted by Crippen LogP contribution is -1.97. The molecular formula is C11H11ClN2O. The van der Waals surface area contributed by atoms with Crippen LogP contribution in [0.4, 0.5) is 0 Å². The molecule has 4 heteroatoms. The standard InChI is InChI=1S/C11H11ClN2O/c1-15-10-4-2-9(3-5-10)14-7-6-13-11(14)8-12/h2-7H,8H2,1H3. The summed E-state index contributed by atoms with van der Waals surface area (Å²) in [6.45, 7) is 0. The van der Waals surface area contributed by atoms with Gasteiger partial charge in [-0.2, -0.15) is 0 Å². The molecule has 1 heterocycles. The number of benzene rings is 1. The second kappa shape index (κ2) is 4.36. The number of nitrogens with zero attached hydrogens (tertiary/aromatic N) is 2. The van der Waals surface area contributed by atoms with E-state index in [-0.39, 0.29) is 0 Å². The van der Waals surface area contributed by atoms with Gasteiger partial charge in [-0.3, -0.25) is 0 Å². The largest absolute Gasteiger partial charge is 0.497 e. The molecule has 15 heavy (non-hydrogen) atoms. The average molecular weight is 223 g/mol. The topological polar surface area (TPSA) is 27.1 Å². The van der Waals surface area contributed by atoms with Crippen LogP contribution < -0.4 is 4.74 Å². The van der Waals surface area contributed by atoms with Gasteiger partial charge in [-0.15, -0.1) is 11.6 Å². The molecule has 1 aromatic carbocycles. The molecule has 3 nitrogen and oxygen atoms in total. The molecule has 0 aliphatic rings. The zero-order chi connectivity index (χ0) is 10.7. The number of methoxy groups -OCH3 is 1. The van der Waals surface area contributed by atoms with Crippen molar-refractivity contribution < 1.29 is 4.74 Å². The van der Waals surface area contributed by atoms with Crippen molar-refractivity contribution in [2.45, 2.75) is 5.88 Å². The van der Waals surface area contributed by atoms with Crippen LogP contribution >= 0.6 is 11.6 Å². The fourth-order valence-corrected chi connectivity index (χ4v) is 1.61. The molecule has 0 atom stereocenters. The summed E-state index contributed by atoms with van der Waals surface area (Å²) in [4.78, 5) is 4.15. The molecule has 2 aromatic rings. The predicted octanol–water partition coefficient (Wildman–Crippen LogP) is 2.62. The number of ether oxygens (including phenoxy) is 1. The van der Waals surface area contributed by atoms with Gasteiger partial charge in [-0.05, 0) is 24.3 Å². The monoisotopic (exact) mass is 222 g/mol. The van der Waals surface area contributed by atoms with E-state index in [2.05, 4.69) is 4.98 Å². The van der Waals surface area contributed by atoms with E-state index in [1.807, 2.05) is 35.0 Å². The first-order valence-electron chi connectivity index (χ1n) is 4.58. The van der Waals surface area contributed by atoms with Gasteiger partial charge in [0.2, 0.25) is 0 Å². The zero-order valence-electron chi connectivity index (χ0n) is 8.35. The van der Waals surface area contributed by atoms with Crippen molar-refractivity contribution in [1.29, 1.82) is 0 Å². The second-order valence-electron chi connectivity index (χ2n) is 3.05. The van der Waals surface area contributed by atoms with E-state index in [0.29, 0.717) is 5.88 Å². The van der Waals surface area contributed by atoms with Gasteiger partial charge in [0.15, 0.2) is 0 Å². The van der Waals surface area contributed by atoms with E-state index < -0.39 is 0 Å². The third-order valence-corrected chi connectivity index (χ3v) is 2.43. The first kappa shape index (κ1) is 10.1. The van der Waals surface area contributed by atoms with Crippen LogP contribution in [0.3, 0.4) is 0 Å². The van der Waals surface area contributed by atoms with Gasteiger partial charge in [0.05, 0.1) is 13.0 Å². The van der Waals surface area contributed by atoms with Gasteiger partial charge in [-0.25, -0.2) is 4.98 Å². The number of hydrogen-bond acceptors (Lipinski definition) is 2. The second-order valence-corrected chi connectivity index (χ2v) is 3.31. The van der Waals surface area contributed by atoms with Crippen molar-refractivity contribution in [3.05, 3.63) is 42.5 Å². The van der Waals surface area contributed by atoms with Crippen molar-refractivity contribution in [1.82, 2.24) is 9.55 Å². The minimum atomic E-state index is 0.402. The molecule has 78 valence electrons.